The van der Waals surface area contributed by atoms with Crippen molar-refractivity contribution in [2.45, 2.75) is 19.8 Å². The Hall–Kier alpha value is -2.61. The second-order valence-electron chi connectivity index (χ2n) is 6.37. The number of amides is 2. The van der Waals surface area contributed by atoms with E-state index in [4.69, 9.17) is 9.47 Å². The van der Waals surface area contributed by atoms with Crippen LogP contribution in [0.4, 0.5) is 5.13 Å². The van der Waals surface area contributed by atoms with E-state index < -0.39 is 0 Å². The van der Waals surface area contributed by atoms with Gasteiger partial charge in [0.1, 0.15) is 11.5 Å². The fraction of sp³-hybridized carbons (Fsp3) is 0.421. The molecule has 1 aliphatic rings. The molecule has 1 fully saturated rings. The number of carbonyl (C=O) groups excluding carboxylic acids is 2. The molecule has 1 saturated heterocycles. The van der Waals surface area contributed by atoms with E-state index in [0.717, 1.165) is 11.3 Å². The highest BCUT2D eigenvalue weighted by molar-refractivity contribution is 7.14. The molecule has 2 aromatic rings. The summed E-state index contributed by atoms with van der Waals surface area (Å²) in [7, 11) is 3.21. The van der Waals surface area contributed by atoms with Crippen LogP contribution in [0.1, 0.15) is 19.8 Å². The maximum Gasteiger partial charge on any atom is 0.229 e. The van der Waals surface area contributed by atoms with Crippen LogP contribution in [-0.2, 0) is 9.59 Å². The highest BCUT2D eigenvalue weighted by Crippen LogP contribution is 2.35. The highest BCUT2D eigenvalue weighted by atomic mass is 32.1. The Kier molecular flexibility index (Phi) is 5.95. The topological polar surface area (TPSA) is 80.8 Å². The summed E-state index contributed by atoms with van der Waals surface area (Å²) in [5.74, 6) is 1.32. The fourth-order valence-corrected chi connectivity index (χ4v) is 3.85. The van der Waals surface area contributed by atoms with Gasteiger partial charge in [-0.2, -0.15) is 0 Å². The van der Waals surface area contributed by atoms with Crippen LogP contribution in [0.15, 0.2) is 23.6 Å². The van der Waals surface area contributed by atoms with Crippen molar-refractivity contribution in [3.63, 3.8) is 0 Å². The molecule has 0 radical (unpaired) electrons. The van der Waals surface area contributed by atoms with E-state index in [-0.39, 0.29) is 17.7 Å². The molecule has 1 aliphatic heterocycles. The molecule has 1 aromatic carbocycles. The molecule has 1 N–H and O–H groups in total. The number of likely N-dealkylation sites (tertiary alicyclic amines) is 1. The summed E-state index contributed by atoms with van der Waals surface area (Å²) in [5, 5.41) is 5.33. The fourth-order valence-electron chi connectivity index (χ4n) is 3.13. The first-order chi connectivity index (χ1) is 13.0. The Labute approximate surface area is 162 Å². The molecule has 1 aromatic heterocycles. The normalized spacial score (nSPS) is 14.7. The average molecular weight is 389 g/mol. The summed E-state index contributed by atoms with van der Waals surface area (Å²) in [6, 6.07) is 5.51. The van der Waals surface area contributed by atoms with E-state index in [1.807, 2.05) is 23.6 Å². The van der Waals surface area contributed by atoms with Crippen LogP contribution in [0, 0.1) is 5.92 Å². The maximum absolute atomic E-state index is 12.5. The third kappa shape index (κ3) is 4.39. The minimum atomic E-state index is -0.0979. The zero-order valence-corrected chi connectivity index (χ0v) is 16.5. The standard InChI is InChI=1S/C19H23N3O4S/c1-12(23)22-8-6-13(7-9-22)18(24)21-19-20-16(11-27-19)15-10-14(25-2)4-5-17(15)26-3/h4-5,10-11,13H,6-9H2,1-3H3,(H,20,21,24). The zero-order chi connectivity index (χ0) is 19.4. The first kappa shape index (κ1) is 19.2. The lowest BCUT2D eigenvalue weighted by atomic mass is 9.96. The lowest BCUT2D eigenvalue weighted by molar-refractivity contribution is -0.132. The number of nitrogens with one attached hydrogen (secondary N) is 1. The third-order valence-corrected chi connectivity index (χ3v) is 5.49. The van der Waals surface area contributed by atoms with Crippen molar-refractivity contribution in [2.75, 3.05) is 32.6 Å². The second kappa shape index (κ2) is 8.39. The average Bonchev–Trinajstić information content (AvgIpc) is 3.15. The summed E-state index contributed by atoms with van der Waals surface area (Å²) < 4.78 is 10.7. The molecule has 0 unspecified atom stereocenters. The first-order valence-electron chi connectivity index (χ1n) is 8.76. The molecule has 3 rings (SSSR count). The summed E-state index contributed by atoms with van der Waals surface area (Å²) in [5.41, 5.74) is 1.53. The molecular formula is C19H23N3O4S. The molecule has 2 heterocycles. The number of aromatic nitrogens is 1. The number of anilines is 1. The van der Waals surface area contributed by atoms with Crippen LogP contribution < -0.4 is 14.8 Å². The Morgan fingerprint density at radius 3 is 2.59 bits per heavy atom. The van der Waals surface area contributed by atoms with Crippen LogP contribution in [0.3, 0.4) is 0 Å². The Bertz CT molecular complexity index is 828. The van der Waals surface area contributed by atoms with Gasteiger partial charge < -0.3 is 19.7 Å². The van der Waals surface area contributed by atoms with Crippen molar-refractivity contribution in [3.05, 3.63) is 23.6 Å². The summed E-state index contributed by atoms with van der Waals surface area (Å²) in [6.45, 7) is 2.81. The maximum atomic E-state index is 12.5. The van der Waals surface area contributed by atoms with Gasteiger partial charge in [0.05, 0.1) is 19.9 Å². The van der Waals surface area contributed by atoms with Crippen molar-refractivity contribution >= 4 is 28.3 Å². The van der Waals surface area contributed by atoms with Crippen LogP contribution in [0.2, 0.25) is 0 Å². The smallest absolute Gasteiger partial charge is 0.229 e. The number of nitrogens with zero attached hydrogens (tertiary/aromatic N) is 2. The van der Waals surface area contributed by atoms with Gasteiger partial charge in [0.2, 0.25) is 11.8 Å². The quantitative estimate of drug-likeness (QED) is 0.850. The number of ether oxygens (including phenoxy) is 2. The largest absolute Gasteiger partial charge is 0.497 e. The number of piperidine rings is 1. The first-order valence-corrected chi connectivity index (χ1v) is 9.64. The number of benzene rings is 1. The minimum Gasteiger partial charge on any atom is -0.497 e. The highest BCUT2D eigenvalue weighted by Gasteiger charge is 2.26. The molecule has 2 amide bonds. The van der Waals surface area contributed by atoms with E-state index in [9.17, 15) is 9.59 Å². The molecule has 0 aliphatic carbocycles. The van der Waals surface area contributed by atoms with E-state index in [0.29, 0.717) is 42.6 Å². The number of rotatable bonds is 5. The van der Waals surface area contributed by atoms with Crippen LogP contribution >= 0.6 is 11.3 Å². The predicted octanol–water partition coefficient (Wildman–Crippen LogP) is 3.02. The van der Waals surface area contributed by atoms with Crippen LogP contribution in [-0.4, -0.2) is 49.0 Å². The van der Waals surface area contributed by atoms with Crippen molar-refractivity contribution in [3.8, 4) is 22.8 Å². The number of methoxy groups -OCH3 is 2. The number of hydrogen-bond donors (Lipinski definition) is 1. The Morgan fingerprint density at radius 2 is 1.96 bits per heavy atom. The minimum absolute atomic E-state index is 0.0447. The summed E-state index contributed by atoms with van der Waals surface area (Å²) >= 11 is 1.37. The summed E-state index contributed by atoms with van der Waals surface area (Å²) in [6.07, 6.45) is 1.35. The molecule has 0 spiro atoms. The Balaban J connectivity index is 1.68. The van der Waals surface area contributed by atoms with Gasteiger partial charge in [-0.1, -0.05) is 0 Å². The number of thiazole rings is 1. The van der Waals surface area contributed by atoms with Gasteiger partial charge in [-0.15, -0.1) is 11.3 Å². The molecule has 0 atom stereocenters. The van der Waals surface area contributed by atoms with Crippen LogP contribution in [0.5, 0.6) is 11.5 Å². The van der Waals surface area contributed by atoms with Gasteiger partial charge in [-0.05, 0) is 31.0 Å². The lowest BCUT2D eigenvalue weighted by Crippen LogP contribution is -2.40. The zero-order valence-electron chi connectivity index (χ0n) is 15.7. The van der Waals surface area contributed by atoms with Gasteiger partial charge in [-0.25, -0.2) is 4.98 Å². The van der Waals surface area contributed by atoms with Crippen LogP contribution in [0.25, 0.3) is 11.3 Å². The Morgan fingerprint density at radius 1 is 1.22 bits per heavy atom. The predicted molar refractivity (Wildman–Crippen MR) is 104 cm³/mol. The van der Waals surface area contributed by atoms with Crippen molar-refractivity contribution in [2.24, 2.45) is 5.92 Å². The van der Waals surface area contributed by atoms with E-state index in [2.05, 4.69) is 10.3 Å². The lowest BCUT2D eigenvalue weighted by Gasteiger charge is -2.30. The molecule has 144 valence electrons. The van der Waals surface area contributed by atoms with E-state index >= 15 is 0 Å². The van der Waals surface area contributed by atoms with E-state index in [1.165, 1.54) is 11.3 Å². The van der Waals surface area contributed by atoms with Gasteiger partial charge in [0, 0.05) is 36.9 Å². The van der Waals surface area contributed by atoms with Crippen molar-refractivity contribution < 1.29 is 19.1 Å². The van der Waals surface area contributed by atoms with Gasteiger partial charge >= 0.3 is 0 Å². The summed E-state index contributed by atoms with van der Waals surface area (Å²) in [4.78, 5) is 30.2. The van der Waals surface area contributed by atoms with Crippen molar-refractivity contribution in [1.29, 1.82) is 0 Å². The molecule has 0 saturated carbocycles. The monoisotopic (exact) mass is 389 g/mol. The van der Waals surface area contributed by atoms with Gasteiger partial charge in [0.15, 0.2) is 5.13 Å². The SMILES string of the molecule is COc1ccc(OC)c(-c2csc(NC(=O)C3CCN(C(C)=O)CC3)n2)c1. The number of hydrogen-bond acceptors (Lipinski definition) is 6. The molecule has 7 nitrogen and oxygen atoms in total. The van der Waals surface area contributed by atoms with Crippen molar-refractivity contribution in [1.82, 2.24) is 9.88 Å². The molecule has 27 heavy (non-hydrogen) atoms. The second-order valence-corrected chi connectivity index (χ2v) is 7.23. The molecule has 8 heteroatoms. The molecular weight excluding hydrogens is 366 g/mol. The van der Waals surface area contributed by atoms with Gasteiger partial charge in [-0.3, -0.25) is 9.59 Å². The molecule has 0 bridgehead atoms. The van der Waals surface area contributed by atoms with Gasteiger partial charge in [0.25, 0.3) is 0 Å². The third-order valence-electron chi connectivity index (χ3n) is 4.73. The number of carbonyl (C=O) groups is 2. The van der Waals surface area contributed by atoms with E-state index in [1.54, 1.807) is 26.0 Å².